The first-order chi connectivity index (χ1) is 11.2. The maximum Gasteiger partial charge on any atom is 0.133 e. The van der Waals surface area contributed by atoms with Gasteiger partial charge in [-0.05, 0) is 42.2 Å². The van der Waals surface area contributed by atoms with Crippen LogP contribution in [0.4, 0.5) is 0 Å². The molecule has 1 aliphatic heterocycles. The molecule has 1 aliphatic carbocycles. The third kappa shape index (κ3) is 2.71. The maximum absolute atomic E-state index is 6.01. The van der Waals surface area contributed by atoms with Crippen LogP contribution >= 0.6 is 0 Å². The summed E-state index contributed by atoms with van der Waals surface area (Å²) in [5.41, 5.74) is 4.12. The molecule has 2 aromatic rings. The van der Waals surface area contributed by atoms with Crippen molar-refractivity contribution in [2.24, 2.45) is 0 Å². The van der Waals surface area contributed by atoms with Gasteiger partial charge in [-0.2, -0.15) is 0 Å². The Kier molecular flexibility index (Phi) is 3.75. The van der Waals surface area contributed by atoms with Gasteiger partial charge in [-0.25, -0.2) is 0 Å². The van der Waals surface area contributed by atoms with Crippen LogP contribution in [0.15, 0.2) is 30.3 Å². The summed E-state index contributed by atoms with van der Waals surface area (Å²) >= 11 is 0. The van der Waals surface area contributed by atoms with Crippen molar-refractivity contribution in [3.63, 3.8) is 0 Å². The highest BCUT2D eigenvalue weighted by molar-refractivity contribution is 6.41. The fourth-order valence-corrected chi connectivity index (χ4v) is 3.97. The first-order valence-electron chi connectivity index (χ1n) is 8.68. The van der Waals surface area contributed by atoms with Gasteiger partial charge in [-0.15, -0.1) is 0 Å². The molecule has 1 nitrogen and oxygen atoms in total. The van der Waals surface area contributed by atoms with E-state index in [1.807, 2.05) is 0 Å². The van der Waals surface area contributed by atoms with Crippen LogP contribution in [0.5, 0.6) is 5.75 Å². The van der Waals surface area contributed by atoms with Crippen molar-refractivity contribution in [1.29, 1.82) is 0 Å². The number of benzene rings is 2. The van der Waals surface area contributed by atoms with E-state index in [0.29, 0.717) is 0 Å². The molecule has 0 N–H and O–H groups in total. The lowest BCUT2D eigenvalue weighted by molar-refractivity contribution is 0.287. The van der Waals surface area contributed by atoms with Gasteiger partial charge in [0.05, 0.1) is 0 Å². The molecule has 0 saturated carbocycles. The number of rotatable bonds is 0. The third-order valence-electron chi connectivity index (χ3n) is 5.07. The SMILES string of the molecule is [B]C1([B])C=Cc2c3c(c4ccccc4c2O1)CCCCCCC3. The van der Waals surface area contributed by atoms with Gasteiger partial charge in [0.1, 0.15) is 21.4 Å². The zero-order valence-electron chi connectivity index (χ0n) is 13.5. The Morgan fingerprint density at radius 3 is 2.26 bits per heavy atom. The molecule has 0 spiro atoms. The van der Waals surface area contributed by atoms with Crippen LogP contribution in [-0.2, 0) is 12.8 Å². The Balaban J connectivity index is 2.00. The van der Waals surface area contributed by atoms with E-state index in [-0.39, 0.29) is 0 Å². The third-order valence-corrected chi connectivity index (χ3v) is 5.07. The van der Waals surface area contributed by atoms with Gasteiger partial charge in [-0.1, -0.05) is 55.7 Å². The number of aryl methyl sites for hydroxylation is 1. The zero-order valence-corrected chi connectivity index (χ0v) is 13.5. The van der Waals surface area contributed by atoms with E-state index in [9.17, 15) is 0 Å². The fourth-order valence-electron chi connectivity index (χ4n) is 3.97. The minimum Gasteiger partial charge on any atom is -0.502 e. The standard InChI is InChI=1S/C20H20B2O/c21-20(22)13-12-18-16-9-5-3-1-2-4-8-14(16)15-10-6-7-11-17(15)19(18)23-20/h6-7,10-13H,1-5,8-9H2. The summed E-state index contributed by atoms with van der Waals surface area (Å²) in [7, 11) is 12.0. The van der Waals surface area contributed by atoms with Crippen molar-refractivity contribution in [1.82, 2.24) is 0 Å². The second kappa shape index (κ2) is 5.78. The average molecular weight is 298 g/mol. The topological polar surface area (TPSA) is 9.23 Å². The molecule has 0 saturated heterocycles. The van der Waals surface area contributed by atoms with Crippen LogP contribution < -0.4 is 4.74 Å². The molecule has 4 rings (SSSR count). The van der Waals surface area contributed by atoms with Gasteiger partial charge in [0, 0.05) is 16.3 Å². The van der Waals surface area contributed by atoms with E-state index >= 15 is 0 Å². The zero-order chi connectivity index (χ0) is 15.9. The molecule has 112 valence electrons. The summed E-state index contributed by atoms with van der Waals surface area (Å²) in [4.78, 5) is 0. The second-order valence-corrected chi connectivity index (χ2v) is 6.80. The lowest BCUT2D eigenvalue weighted by Gasteiger charge is -2.32. The summed E-state index contributed by atoms with van der Waals surface area (Å²) < 4.78 is 5.97. The van der Waals surface area contributed by atoms with Crippen molar-refractivity contribution >= 4 is 32.5 Å². The lowest BCUT2D eigenvalue weighted by Crippen LogP contribution is -2.36. The monoisotopic (exact) mass is 298 g/mol. The summed E-state index contributed by atoms with van der Waals surface area (Å²) in [6.07, 6.45) is 12.6. The van der Waals surface area contributed by atoms with Crippen molar-refractivity contribution in [3.05, 3.63) is 47.0 Å². The summed E-state index contributed by atoms with van der Waals surface area (Å²) in [6.45, 7) is 0. The molecule has 1 heterocycles. The predicted octanol–water partition coefficient (Wildman–Crippen LogP) is 4.29. The fraction of sp³-hybridized carbons (Fsp3) is 0.400. The summed E-state index contributed by atoms with van der Waals surface area (Å²) in [5.74, 6) is 0.853. The molecule has 0 amide bonds. The molecule has 0 unspecified atom stereocenters. The number of hydrogen-bond donors (Lipinski definition) is 0. The van der Waals surface area contributed by atoms with Crippen LogP contribution in [0, 0.1) is 0 Å². The maximum atomic E-state index is 6.01. The molecule has 2 aromatic carbocycles. The normalized spacial score (nSPS) is 19.8. The van der Waals surface area contributed by atoms with Gasteiger partial charge in [0.25, 0.3) is 0 Å². The molecular weight excluding hydrogens is 278 g/mol. The van der Waals surface area contributed by atoms with Crippen molar-refractivity contribution in [2.45, 2.75) is 50.3 Å². The quantitative estimate of drug-likeness (QED) is 0.659. The number of fused-ring (bicyclic) bond motifs is 6. The lowest BCUT2D eigenvalue weighted by atomic mass is 9.64. The first-order valence-corrected chi connectivity index (χ1v) is 8.68. The first kappa shape index (κ1) is 14.9. The van der Waals surface area contributed by atoms with Crippen molar-refractivity contribution in [2.75, 3.05) is 0 Å². The molecule has 0 aromatic heterocycles. The molecule has 3 heteroatoms. The summed E-state index contributed by atoms with van der Waals surface area (Å²) in [6, 6.07) is 8.50. The molecule has 0 atom stereocenters. The molecule has 2 aliphatic rings. The van der Waals surface area contributed by atoms with E-state index in [4.69, 9.17) is 20.4 Å². The van der Waals surface area contributed by atoms with Crippen LogP contribution in [0.1, 0.15) is 48.8 Å². The number of hydrogen-bond acceptors (Lipinski definition) is 1. The highest BCUT2D eigenvalue weighted by atomic mass is 16.5. The molecule has 23 heavy (non-hydrogen) atoms. The molecule has 0 fully saturated rings. The summed E-state index contributed by atoms with van der Waals surface area (Å²) in [5, 5.41) is 1.21. The molecule has 4 radical (unpaired) electrons. The molecule has 0 bridgehead atoms. The van der Waals surface area contributed by atoms with Gasteiger partial charge in [-0.3, -0.25) is 0 Å². The van der Waals surface area contributed by atoms with Crippen LogP contribution in [0.25, 0.3) is 16.8 Å². The minimum atomic E-state index is -1.22. The van der Waals surface area contributed by atoms with Crippen LogP contribution in [-0.4, -0.2) is 21.1 Å². The van der Waals surface area contributed by atoms with Gasteiger partial charge < -0.3 is 4.74 Å². The average Bonchev–Trinajstić information content (AvgIpc) is 2.66. The Hall–Kier alpha value is -1.63. The highest BCUT2D eigenvalue weighted by Crippen LogP contribution is 2.42. The Morgan fingerprint density at radius 2 is 1.48 bits per heavy atom. The van der Waals surface area contributed by atoms with Gasteiger partial charge in [0.2, 0.25) is 0 Å². The Labute approximate surface area is 140 Å². The van der Waals surface area contributed by atoms with Gasteiger partial charge in [0.15, 0.2) is 0 Å². The van der Waals surface area contributed by atoms with E-state index in [2.05, 4.69) is 30.3 Å². The van der Waals surface area contributed by atoms with E-state index in [1.54, 1.807) is 6.08 Å². The highest BCUT2D eigenvalue weighted by Gasteiger charge is 2.26. The van der Waals surface area contributed by atoms with Gasteiger partial charge >= 0.3 is 0 Å². The Bertz CT molecular complexity index is 777. The van der Waals surface area contributed by atoms with E-state index in [1.165, 1.54) is 54.2 Å². The predicted molar refractivity (Wildman–Crippen MR) is 98.3 cm³/mol. The molecular formula is C20H20B2O. The van der Waals surface area contributed by atoms with Crippen molar-refractivity contribution in [3.8, 4) is 5.75 Å². The Morgan fingerprint density at radius 1 is 0.826 bits per heavy atom. The number of ether oxygens (including phenoxy) is 1. The van der Waals surface area contributed by atoms with Crippen LogP contribution in [0.3, 0.4) is 0 Å². The van der Waals surface area contributed by atoms with E-state index < -0.39 is 5.40 Å². The largest absolute Gasteiger partial charge is 0.502 e. The van der Waals surface area contributed by atoms with Crippen molar-refractivity contribution < 1.29 is 4.74 Å². The smallest absolute Gasteiger partial charge is 0.133 e. The second-order valence-electron chi connectivity index (χ2n) is 6.80. The minimum absolute atomic E-state index is 0.853. The van der Waals surface area contributed by atoms with E-state index in [0.717, 1.165) is 24.0 Å². The van der Waals surface area contributed by atoms with Crippen LogP contribution in [0.2, 0.25) is 0 Å².